The summed E-state index contributed by atoms with van der Waals surface area (Å²) < 4.78 is 1.06. The third kappa shape index (κ3) is 3.31. The van der Waals surface area contributed by atoms with E-state index in [9.17, 15) is 9.59 Å². The van der Waals surface area contributed by atoms with E-state index >= 15 is 0 Å². The Balaban J connectivity index is 0.000000581. The Kier molecular flexibility index (Phi) is 6.63. The number of nitrogens with zero attached hydrogens (tertiary/aromatic N) is 1. The molecule has 0 spiro atoms. The molecule has 4 nitrogen and oxygen atoms in total. The van der Waals surface area contributed by atoms with Crippen molar-refractivity contribution in [2.75, 3.05) is 0 Å². The highest BCUT2D eigenvalue weighted by molar-refractivity contribution is 5.76. The van der Waals surface area contributed by atoms with Crippen molar-refractivity contribution in [2.24, 2.45) is 7.05 Å². The number of para-hydroxylation sites is 1. The van der Waals surface area contributed by atoms with E-state index in [1.54, 1.807) is 24.3 Å². The third-order valence-electron chi connectivity index (χ3n) is 2.01. The van der Waals surface area contributed by atoms with E-state index in [0.717, 1.165) is 4.57 Å². The standard InChI is InChI=1S/C9H8N2O2.2C2H6/c1-11-8(12)6-4-2-3-5-7(6)10-9(11)13;2*1-2/h2-5H,1H3,(H,10,13);2*1-2H3. The van der Waals surface area contributed by atoms with Crippen LogP contribution in [-0.2, 0) is 7.05 Å². The van der Waals surface area contributed by atoms with E-state index < -0.39 is 0 Å². The molecule has 94 valence electrons. The van der Waals surface area contributed by atoms with Gasteiger partial charge >= 0.3 is 5.69 Å². The van der Waals surface area contributed by atoms with E-state index in [1.165, 1.54) is 7.05 Å². The van der Waals surface area contributed by atoms with Crippen LogP contribution >= 0.6 is 0 Å². The highest BCUT2D eigenvalue weighted by Crippen LogP contribution is 2.01. The van der Waals surface area contributed by atoms with Crippen LogP contribution in [0.5, 0.6) is 0 Å². The Morgan fingerprint density at radius 1 is 1.00 bits per heavy atom. The summed E-state index contributed by atoms with van der Waals surface area (Å²) in [5.74, 6) is 0. The van der Waals surface area contributed by atoms with Crippen LogP contribution in [0.15, 0.2) is 33.9 Å². The van der Waals surface area contributed by atoms with Gasteiger partial charge in [-0.05, 0) is 12.1 Å². The van der Waals surface area contributed by atoms with Gasteiger partial charge in [-0.2, -0.15) is 0 Å². The summed E-state index contributed by atoms with van der Waals surface area (Å²) in [7, 11) is 1.45. The second kappa shape index (κ2) is 7.44. The lowest BCUT2D eigenvalue weighted by molar-refractivity contribution is 0.794. The van der Waals surface area contributed by atoms with Crippen LogP contribution in [0.4, 0.5) is 0 Å². The van der Waals surface area contributed by atoms with Gasteiger partial charge in [-0.25, -0.2) is 4.79 Å². The predicted octanol–water partition coefficient (Wildman–Crippen LogP) is 2.28. The van der Waals surface area contributed by atoms with Crippen LogP contribution in [0.3, 0.4) is 0 Å². The van der Waals surface area contributed by atoms with Crippen LogP contribution in [0.2, 0.25) is 0 Å². The summed E-state index contributed by atoms with van der Waals surface area (Å²) in [6.07, 6.45) is 0. The molecular weight excluding hydrogens is 216 g/mol. The van der Waals surface area contributed by atoms with Crippen molar-refractivity contribution >= 4 is 10.9 Å². The number of fused-ring (bicyclic) bond motifs is 1. The zero-order valence-corrected chi connectivity index (χ0v) is 11.1. The first-order valence-corrected chi connectivity index (χ1v) is 5.88. The highest BCUT2D eigenvalue weighted by Gasteiger charge is 2.01. The number of aromatic amines is 1. The summed E-state index contributed by atoms with van der Waals surface area (Å²) in [5, 5.41) is 0.532. The van der Waals surface area contributed by atoms with Crippen molar-refractivity contribution in [3.8, 4) is 0 Å². The minimum Gasteiger partial charge on any atom is -0.307 e. The number of H-pyrrole nitrogens is 1. The van der Waals surface area contributed by atoms with E-state index in [2.05, 4.69) is 4.98 Å². The first kappa shape index (κ1) is 15.2. The molecule has 0 amide bonds. The number of hydrogen-bond donors (Lipinski definition) is 1. The topological polar surface area (TPSA) is 54.9 Å². The largest absolute Gasteiger partial charge is 0.328 e. The summed E-state index contributed by atoms with van der Waals surface area (Å²) in [6, 6.07) is 6.94. The quantitative estimate of drug-likeness (QED) is 0.763. The Bertz CT molecular complexity index is 567. The lowest BCUT2D eigenvalue weighted by atomic mass is 10.2. The number of nitrogens with one attached hydrogen (secondary N) is 1. The summed E-state index contributed by atoms with van der Waals surface area (Å²) in [4.78, 5) is 25.3. The van der Waals surface area contributed by atoms with Gasteiger partial charge in [-0.3, -0.25) is 9.36 Å². The molecule has 0 saturated heterocycles. The Labute approximate surface area is 101 Å². The predicted molar refractivity (Wildman–Crippen MR) is 72.5 cm³/mol. The number of hydrogen-bond acceptors (Lipinski definition) is 2. The van der Waals surface area contributed by atoms with E-state index in [0.29, 0.717) is 10.9 Å². The zero-order chi connectivity index (χ0) is 13.4. The second-order valence-electron chi connectivity index (χ2n) is 2.84. The Morgan fingerprint density at radius 2 is 1.53 bits per heavy atom. The zero-order valence-electron chi connectivity index (χ0n) is 11.1. The van der Waals surface area contributed by atoms with Crippen molar-refractivity contribution < 1.29 is 0 Å². The molecular formula is C13H20N2O2. The van der Waals surface area contributed by atoms with Gasteiger partial charge in [0.2, 0.25) is 0 Å². The maximum atomic E-state index is 11.5. The Hall–Kier alpha value is -1.84. The molecule has 0 saturated carbocycles. The van der Waals surface area contributed by atoms with Crippen molar-refractivity contribution in [3.63, 3.8) is 0 Å². The molecule has 17 heavy (non-hydrogen) atoms. The monoisotopic (exact) mass is 236 g/mol. The normalized spacial score (nSPS) is 8.76. The second-order valence-corrected chi connectivity index (χ2v) is 2.84. The maximum absolute atomic E-state index is 11.5. The molecule has 4 heteroatoms. The van der Waals surface area contributed by atoms with Crippen LogP contribution in [0.25, 0.3) is 10.9 Å². The molecule has 0 fully saturated rings. The van der Waals surface area contributed by atoms with E-state index in [4.69, 9.17) is 0 Å². The number of benzene rings is 1. The lowest BCUT2D eigenvalue weighted by Gasteiger charge is -1.98. The summed E-state index contributed by atoms with van der Waals surface area (Å²) >= 11 is 0. The number of aromatic nitrogens is 2. The van der Waals surface area contributed by atoms with E-state index in [-0.39, 0.29) is 11.2 Å². The fourth-order valence-electron chi connectivity index (χ4n) is 1.25. The molecule has 1 aromatic heterocycles. The molecule has 2 rings (SSSR count). The van der Waals surface area contributed by atoms with Gasteiger partial charge in [0, 0.05) is 7.05 Å². The average Bonchev–Trinajstić information content (AvgIpc) is 2.41. The van der Waals surface area contributed by atoms with Gasteiger partial charge in [-0.1, -0.05) is 39.8 Å². The minimum absolute atomic E-state index is 0.264. The minimum atomic E-state index is -0.385. The molecule has 0 aliphatic carbocycles. The smallest absolute Gasteiger partial charge is 0.307 e. The third-order valence-corrected chi connectivity index (χ3v) is 2.01. The SMILES string of the molecule is CC.CC.Cn1c(=O)[nH]c2ccccc2c1=O. The summed E-state index contributed by atoms with van der Waals surface area (Å²) in [5.41, 5.74) is -0.0707. The van der Waals surface area contributed by atoms with Crippen LogP contribution in [0.1, 0.15) is 27.7 Å². The van der Waals surface area contributed by atoms with Gasteiger partial charge in [0.05, 0.1) is 10.9 Å². The number of rotatable bonds is 0. The van der Waals surface area contributed by atoms with Gasteiger partial charge < -0.3 is 4.98 Å². The summed E-state index contributed by atoms with van der Waals surface area (Å²) in [6.45, 7) is 8.00. The van der Waals surface area contributed by atoms with Crippen molar-refractivity contribution in [1.29, 1.82) is 0 Å². The first-order valence-electron chi connectivity index (χ1n) is 5.88. The average molecular weight is 236 g/mol. The fraction of sp³-hybridized carbons (Fsp3) is 0.385. The van der Waals surface area contributed by atoms with Gasteiger partial charge in [0.15, 0.2) is 0 Å². The molecule has 0 atom stereocenters. The lowest BCUT2D eigenvalue weighted by Crippen LogP contribution is -2.32. The molecule has 0 unspecified atom stereocenters. The van der Waals surface area contributed by atoms with Gasteiger partial charge in [-0.15, -0.1) is 0 Å². The van der Waals surface area contributed by atoms with Gasteiger partial charge in [0.25, 0.3) is 5.56 Å². The highest BCUT2D eigenvalue weighted by atomic mass is 16.2. The molecule has 0 radical (unpaired) electrons. The molecule has 1 aromatic carbocycles. The van der Waals surface area contributed by atoms with Crippen LogP contribution in [0, 0.1) is 0 Å². The molecule has 0 aliphatic rings. The van der Waals surface area contributed by atoms with E-state index in [1.807, 2.05) is 27.7 Å². The van der Waals surface area contributed by atoms with Crippen molar-refractivity contribution in [2.45, 2.75) is 27.7 Å². The first-order chi connectivity index (χ1) is 8.20. The van der Waals surface area contributed by atoms with Crippen LogP contribution in [-0.4, -0.2) is 9.55 Å². The fourth-order valence-corrected chi connectivity index (χ4v) is 1.25. The van der Waals surface area contributed by atoms with Crippen molar-refractivity contribution in [3.05, 3.63) is 45.1 Å². The van der Waals surface area contributed by atoms with Gasteiger partial charge in [0.1, 0.15) is 0 Å². The molecule has 0 bridgehead atoms. The molecule has 1 heterocycles. The molecule has 1 N–H and O–H groups in total. The Morgan fingerprint density at radius 3 is 2.12 bits per heavy atom. The molecule has 2 aromatic rings. The van der Waals surface area contributed by atoms with Crippen molar-refractivity contribution in [1.82, 2.24) is 9.55 Å². The molecule has 0 aliphatic heterocycles. The maximum Gasteiger partial charge on any atom is 0.328 e. The van der Waals surface area contributed by atoms with Crippen LogP contribution < -0.4 is 11.2 Å².